The van der Waals surface area contributed by atoms with E-state index in [9.17, 15) is 0 Å². The molecule has 0 saturated carbocycles. The lowest BCUT2D eigenvalue weighted by molar-refractivity contribution is 0.366. The second kappa shape index (κ2) is 4.51. The van der Waals surface area contributed by atoms with E-state index in [0.29, 0.717) is 4.61 Å². The molecular weight excluding hydrogens is 206 g/mol. The first-order valence-electron chi connectivity index (χ1n) is 3.62. The third-order valence-electron chi connectivity index (χ3n) is 1.51. The van der Waals surface area contributed by atoms with E-state index in [2.05, 4.69) is 37.7 Å². The largest absolute Gasteiger partial charge is 0.360 e. The van der Waals surface area contributed by atoms with E-state index in [4.69, 9.17) is 0 Å². The molecule has 1 aliphatic rings. The highest BCUT2D eigenvalue weighted by molar-refractivity contribution is 9.11. The number of nitrogens with one attached hydrogen (secondary N) is 1. The molecule has 62 valence electrons. The van der Waals surface area contributed by atoms with E-state index < -0.39 is 0 Å². The lowest BCUT2D eigenvalue weighted by atomic mass is 10.4. The summed E-state index contributed by atoms with van der Waals surface area (Å²) in [5.41, 5.74) is 0. The molecule has 0 atom stereocenters. The van der Waals surface area contributed by atoms with Gasteiger partial charge in [-0.1, -0.05) is 6.58 Å². The maximum absolute atomic E-state index is 4.04. The number of hydrogen-bond acceptors (Lipinski definition) is 2. The molecule has 1 aliphatic heterocycles. The molecule has 0 aromatic heterocycles. The summed E-state index contributed by atoms with van der Waals surface area (Å²) in [5, 5.41) is 3.26. The Morgan fingerprint density at radius 1 is 1.55 bits per heavy atom. The number of hydrogen-bond donors (Lipinski definition) is 1. The predicted molar refractivity (Wildman–Crippen MR) is 51.0 cm³/mol. The molecule has 1 fully saturated rings. The van der Waals surface area contributed by atoms with E-state index in [-0.39, 0.29) is 0 Å². The van der Waals surface area contributed by atoms with Crippen LogP contribution in [0.3, 0.4) is 0 Å². The van der Waals surface area contributed by atoms with Crippen molar-refractivity contribution in [2.24, 2.45) is 4.99 Å². The molecule has 1 N–H and O–H groups in total. The fourth-order valence-electron chi connectivity index (χ4n) is 0.942. The highest BCUT2D eigenvalue weighted by atomic mass is 79.9. The molecule has 1 saturated heterocycles. The minimum absolute atomic E-state index is 0.677. The van der Waals surface area contributed by atoms with Crippen molar-refractivity contribution in [1.82, 2.24) is 10.2 Å². The Bertz CT molecular complexity index is 161. The van der Waals surface area contributed by atoms with Gasteiger partial charge in [0.15, 0.2) is 0 Å². The molecule has 0 aliphatic carbocycles. The van der Waals surface area contributed by atoms with Crippen LogP contribution in [0.15, 0.2) is 16.2 Å². The van der Waals surface area contributed by atoms with Gasteiger partial charge in [0.25, 0.3) is 0 Å². The Morgan fingerprint density at radius 2 is 2.18 bits per heavy atom. The monoisotopic (exact) mass is 217 g/mol. The molecule has 0 bridgehead atoms. The lowest BCUT2D eigenvalue weighted by Gasteiger charge is -2.24. The van der Waals surface area contributed by atoms with Crippen LogP contribution in [-0.2, 0) is 0 Å². The Kier molecular flexibility index (Phi) is 3.59. The quantitative estimate of drug-likeness (QED) is 0.421. The average Bonchev–Trinajstić information content (AvgIpc) is 2.03. The predicted octanol–water partition coefficient (Wildman–Crippen LogP) is 0.786. The molecule has 11 heavy (non-hydrogen) atoms. The van der Waals surface area contributed by atoms with Gasteiger partial charge in [-0.3, -0.25) is 0 Å². The fraction of sp³-hybridized carbons (Fsp3) is 0.571. The summed E-state index contributed by atoms with van der Waals surface area (Å²) in [4.78, 5) is 6.21. The first-order chi connectivity index (χ1) is 5.29. The van der Waals surface area contributed by atoms with Crippen molar-refractivity contribution in [2.75, 3.05) is 26.2 Å². The zero-order chi connectivity index (χ0) is 8.10. The van der Waals surface area contributed by atoms with E-state index in [1.165, 1.54) is 0 Å². The molecule has 0 aromatic rings. The van der Waals surface area contributed by atoms with Crippen molar-refractivity contribution in [3.8, 4) is 0 Å². The van der Waals surface area contributed by atoms with Gasteiger partial charge in [-0.2, -0.15) is 0 Å². The zero-order valence-electron chi connectivity index (χ0n) is 6.39. The normalized spacial score (nSPS) is 19.2. The van der Waals surface area contributed by atoms with Crippen molar-refractivity contribution in [2.45, 2.75) is 0 Å². The third-order valence-corrected chi connectivity index (χ3v) is 1.72. The molecule has 0 amide bonds. The second-order valence-electron chi connectivity index (χ2n) is 2.41. The summed E-state index contributed by atoms with van der Waals surface area (Å²) in [6, 6.07) is 0. The van der Waals surface area contributed by atoms with Crippen LogP contribution in [0.2, 0.25) is 0 Å². The molecule has 0 radical (unpaired) electrons. The van der Waals surface area contributed by atoms with Crippen LogP contribution in [0.4, 0.5) is 0 Å². The van der Waals surface area contributed by atoms with Gasteiger partial charge < -0.3 is 10.2 Å². The number of halogens is 1. The van der Waals surface area contributed by atoms with Crippen LogP contribution < -0.4 is 5.32 Å². The van der Waals surface area contributed by atoms with Gasteiger partial charge in [-0.05, 0) is 15.9 Å². The van der Waals surface area contributed by atoms with Crippen molar-refractivity contribution in [1.29, 1.82) is 0 Å². The molecular formula is C7H12BrN3. The van der Waals surface area contributed by atoms with Crippen LogP contribution in [-0.4, -0.2) is 37.4 Å². The first kappa shape index (κ1) is 8.74. The van der Waals surface area contributed by atoms with Gasteiger partial charge in [0.05, 0.1) is 6.34 Å². The standard InChI is InChI=1S/C7H12BrN3/c1-7(8)10-6-11-4-2-9-3-5-11/h6,9H,1-5H2. The van der Waals surface area contributed by atoms with Gasteiger partial charge >= 0.3 is 0 Å². The van der Waals surface area contributed by atoms with E-state index >= 15 is 0 Å². The zero-order valence-corrected chi connectivity index (χ0v) is 7.97. The van der Waals surface area contributed by atoms with Crippen molar-refractivity contribution in [3.05, 3.63) is 11.2 Å². The van der Waals surface area contributed by atoms with Gasteiger partial charge in [-0.25, -0.2) is 4.99 Å². The number of aliphatic imine (C=N–C) groups is 1. The highest BCUT2D eigenvalue weighted by Gasteiger charge is 2.03. The smallest absolute Gasteiger partial charge is 0.100 e. The summed E-state index contributed by atoms with van der Waals surface area (Å²) in [6.45, 7) is 7.76. The molecule has 1 rings (SSSR count). The molecule has 3 nitrogen and oxygen atoms in total. The van der Waals surface area contributed by atoms with E-state index in [1.807, 2.05) is 6.34 Å². The molecule has 0 unspecified atom stereocenters. The topological polar surface area (TPSA) is 27.6 Å². The first-order valence-corrected chi connectivity index (χ1v) is 4.42. The lowest BCUT2D eigenvalue weighted by Crippen LogP contribution is -2.42. The minimum Gasteiger partial charge on any atom is -0.360 e. The van der Waals surface area contributed by atoms with Crippen LogP contribution >= 0.6 is 15.9 Å². The van der Waals surface area contributed by atoms with Crippen LogP contribution in [0.5, 0.6) is 0 Å². The number of piperazine rings is 1. The Morgan fingerprint density at radius 3 is 2.73 bits per heavy atom. The van der Waals surface area contributed by atoms with Gasteiger partial charge in [0.2, 0.25) is 0 Å². The Hall–Kier alpha value is -0.350. The van der Waals surface area contributed by atoms with Gasteiger partial charge in [0.1, 0.15) is 4.61 Å². The van der Waals surface area contributed by atoms with Crippen LogP contribution in [0.25, 0.3) is 0 Å². The van der Waals surface area contributed by atoms with Crippen molar-refractivity contribution < 1.29 is 0 Å². The molecule has 0 spiro atoms. The van der Waals surface area contributed by atoms with E-state index in [1.54, 1.807) is 0 Å². The van der Waals surface area contributed by atoms with Crippen molar-refractivity contribution >= 4 is 22.3 Å². The van der Waals surface area contributed by atoms with Gasteiger partial charge in [0, 0.05) is 26.2 Å². The second-order valence-corrected chi connectivity index (χ2v) is 3.32. The molecule has 4 heteroatoms. The molecule has 1 heterocycles. The van der Waals surface area contributed by atoms with Crippen LogP contribution in [0.1, 0.15) is 0 Å². The minimum atomic E-state index is 0.677. The maximum Gasteiger partial charge on any atom is 0.100 e. The number of rotatable bonds is 2. The third kappa shape index (κ3) is 3.53. The summed E-state index contributed by atoms with van der Waals surface area (Å²) in [7, 11) is 0. The Labute approximate surface area is 75.3 Å². The summed E-state index contributed by atoms with van der Waals surface area (Å²) in [5.74, 6) is 0. The van der Waals surface area contributed by atoms with E-state index in [0.717, 1.165) is 26.2 Å². The Balaban J connectivity index is 2.29. The molecule has 0 aromatic carbocycles. The van der Waals surface area contributed by atoms with Crippen LogP contribution in [0, 0.1) is 0 Å². The summed E-state index contributed by atoms with van der Waals surface area (Å²) >= 11 is 3.17. The maximum atomic E-state index is 4.04. The number of nitrogens with zero attached hydrogens (tertiary/aromatic N) is 2. The summed E-state index contributed by atoms with van der Waals surface area (Å²) < 4.78 is 0.677. The van der Waals surface area contributed by atoms with Gasteiger partial charge in [-0.15, -0.1) is 0 Å². The average molecular weight is 218 g/mol. The summed E-state index contributed by atoms with van der Waals surface area (Å²) in [6.07, 6.45) is 1.83. The fourth-order valence-corrected chi connectivity index (χ4v) is 1.03. The SMILES string of the molecule is C=C(Br)N=CN1CCNCC1. The van der Waals surface area contributed by atoms with Crippen molar-refractivity contribution in [3.63, 3.8) is 0 Å². The highest BCUT2D eigenvalue weighted by Crippen LogP contribution is 2.00.